The minimum atomic E-state index is -0.246. The molecular formula is C15H24N2O. The number of hydrogen-bond donors (Lipinski definition) is 2. The Morgan fingerprint density at radius 3 is 2.39 bits per heavy atom. The van der Waals surface area contributed by atoms with E-state index in [-0.39, 0.29) is 17.5 Å². The van der Waals surface area contributed by atoms with Gasteiger partial charge in [0.15, 0.2) is 0 Å². The van der Waals surface area contributed by atoms with Gasteiger partial charge in [-0.1, -0.05) is 12.1 Å². The molecule has 0 aromatic heterocycles. The molecule has 1 rings (SSSR count). The summed E-state index contributed by atoms with van der Waals surface area (Å²) < 4.78 is 0. The van der Waals surface area contributed by atoms with Crippen LogP contribution in [0.3, 0.4) is 0 Å². The molecule has 18 heavy (non-hydrogen) atoms. The summed E-state index contributed by atoms with van der Waals surface area (Å²) in [5.74, 6) is 0.0170. The van der Waals surface area contributed by atoms with Crippen molar-refractivity contribution in [1.82, 2.24) is 5.32 Å². The molecule has 3 heteroatoms. The summed E-state index contributed by atoms with van der Waals surface area (Å²) in [4.78, 5) is 12.0. The number of benzene rings is 1. The van der Waals surface area contributed by atoms with Crippen LogP contribution in [0.1, 0.15) is 38.8 Å². The average molecular weight is 248 g/mol. The number of rotatable bonds is 3. The summed E-state index contributed by atoms with van der Waals surface area (Å²) in [6.45, 7) is 11.9. The van der Waals surface area contributed by atoms with Crippen LogP contribution in [0.15, 0.2) is 18.2 Å². The van der Waals surface area contributed by atoms with Crippen molar-refractivity contribution in [2.75, 3.05) is 5.32 Å². The van der Waals surface area contributed by atoms with E-state index < -0.39 is 0 Å². The summed E-state index contributed by atoms with van der Waals surface area (Å²) in [7, 11) is 0. The molecule has 0 heterocycles. The Kier molecular flexibility index (Phi) is 4.38. The average Bonchev–Trinajstić information content (AvgIpc) is 2.21. The molecule has 0 aliphatic rings. The molecule has 0 radical (unpaired) electrons. The SMILES string of the molecule is Cc1ccc(C)c(N[C@@H](C)C(=O)NC(C)(C)C)c1. The third-order valence-electron chi connectivity index (χ3n) is 2.66. The van der Waals surface area contributed by atoms with Gasteiger partial charge in [-0.3, -0.25) is 4.79 Å². The standard InChI is InChI=1S/C15H24N2O/c1-10-7-8-11(2)13(9-10)16-12(3)14(18)17-15(4,5)6/h7-9,12,16H,1-6H3,(H,17,18)/t12-/m0/s1. The van der Waals surface area contributed by atoms with Crippen LogP contribution in [0.2, 0.25) is 0 Å². The maximum Gasteiger partial charge on any atom is 0.242 e. The Morgan fingerprint density at radius 1 is 1.22 bits per heavy atom. The first-order valence-corrected chi connectivity index (χ1v) is 6.35. The molecule has 0 fully saturated rings. The minimum absolute atomic E-state index is 0.0170. The van der Waals surface area contributed by atoms with Gasteiger partial charge in [-0.25, -0.2) is 0 Å². The highest BCUT2D eigenvalue weighted by atomic mass is 16.2. The van der Waals surface area contributed by atoms with Crippen LogP contribution >= 0.6 is 0 Å². The van der Waals surface area contributed by atoms with Gasteiger partial charge in [-0.05, 0) is 58.7 Å². The Labute approximate surface area is 110 Å². The summed E-state index contributed by atoms with van der Waals surface area (Å²) in [6, 6.07) is 5.95. The van der Waals surface area contributed by atoms with Crippen LogP contribution in [-0.2, 0) is 4.79 Å². The van der Waals surface area contributed by atoms with Crippen molar-refractivity contribution in [3.05, 3.63) is 29.3 Å². The van der Waals surface area contributed by atoms with E-state index in [0.29, 0.717) is 0 Å². The van der Waals surface area contributed by atoms with E-state index >= 15 is 0 Å². The first-order valence-electron chi connectivity index (χ1n) is 6.35. The van der Waals surface area contributed by atoms with Gasteiger partial charge in [-0.15, -0.1) is 0 Å². The Balaban J connectivity index is 2.72. The molecule has 1 atom stereocenters. The Hall–Kier alpha value is -1.51. The fourth-order valence-corrected chi connectivity index (χ4v) is 1.67. The van der Waals surface area contributed by atoms with Crippen molar-refractivity contribution in [3.8, 4) is 0 Å². The number of nitrogens with one attached hydrogen (secondary N) is 2. The summed E-state index contributed by atoms with van der Waals surface area (Å²) in [5, 5.41) is 6.23. The van der Waals surface area contributed by atoms with Gasteiger partial charge in [0.2, 0.25) is 5.91 Å². The highest BCUT2D eigenvalue weighted by Crippen LogP contribution is 2.17. The first kappa shape index (κ1) is 14.6. The van der Waals surface area contributed by atoms with Crippen molar-refractivity contribution >= 4 is 11.6 Å². The Morgan fingerprint density at radius 2 is 1.83 bits per heavy atom. The third kappa shape index (κ3) is 4.40. The highest BCUT2D eigenvalue weighted by Gasteiger charge is 2.19. The van der Waals surface area contributed by atoms with Gasteiger partial charge >= 0.3 is 0 Å². The maximum atomic E-state index is 12.0. The van der Waals surface area contributed by atoms with Crippen LogP contribution in [0.25, 0.3) is 0 Å². The van der Waals surface area contributed by atoms with Crippen LogP contribution in [0.5, 0.6) is 0 Å². The zero-order valence-corrected chi connectivity index (χ0v) is 12.2. The quantitative estimate of drug-likeness (QED) is 0.863. The lowest BCUT2D eigenvalue weighted by molar-refractivity contribution is -0.122. The number of aryl methyl sites for hydroxylation is 2. The summed E-state index contributed by atoms with van der Waals surface area (Å²) >= 11 is 0. The number of amides is 1. The zero-order valence-electron chi connectivity index (χ0n) is 12.2. The molecular weight excluding hydrogens is 224 g/mol. The number of hydrogen-bond acceptors (Lipinski definition) is 2. The van der Waals surface area contributed by atoms with E-state index in [9.17, 15) is 4.79 Å². The molecule has 1 aromatic rings. The summed E-state index contributed by atoms with van der Waals surface area (Å²) in [5.41, 5.74) is 3.16. The predicted octanol–water partition coefficient (Wildman–Crippen LogP) is 3.02. The van der Waals surface area contributed by atoms with Gasteiger partial charge in [-0.2, -0.15) is 0 Å². The van der Waals surface area contributed by atoms with Gasteiger partial charge in [0.05, 0.1) is 0 Å². The lowest BCUT2D eigenvalue weighted by Crippen LogP contribution is -2.47. The Bertz CT molecular complexity index is 433. The fraction of sp³-hybridized carbons (Fsp3) is 0.533. The van der Waals surface area contributed by atoms with E-state index in [1.165, 1.54) is 5.56 Å². The second kappa shape index (κ2) is 5.42. The topological polar surface area (TPSA) is 41.1 Å². The van der Waals surface area contributed by atoms with Crippen molar-refractivity contribution in [3.63, 3.8) is 0 Å². The van der Waals surface area contributed by atoms with Crippen LogP contribution in [0, 0.1) is 13.8 Å². The lowest BCUT2D eigenvalue weighted by atomic mass is 10.1. The van der Waals surface area contributed by atoms with Gasteiger partial charge in [0.1, 0.15) is 6.04 Å². The first-order chi connectivity index (χ1) is 8.19. The molecule has 0 saturated heterocycles. The molecule has 1 aromatic carbocycles. The van der Waals surface area contributed by atoms with Gasteiger partial charge < -0.3 is 10.6 Å². The summed E-state index contributed by atoms with van der Waals surface area (Å²) in [6.07, 6.45) is 0. The monoisotopic (exact) mass is 248 g/mol. The number of carbonyl (C=O) groups is 1. The normalized spacial score (nSPS) is 13.0. The van der Waals surface area contributed by atoms with Crippen LogP contribution in [-0.4, -0.2) is 17.5 Å². The zero-order chi connectivity index (χ0) is 13.9. The molecule has 0 bridgehead atoms. The van der Waals surface area contributed by atoms with E-state index in [2.05, 4.69) is 28.8 Å². The molecule has 3 nitrogen and oxygen atoms in total. The predicted molar refractivity (Wildman–Crippen MR) is 76.9 cm³/mol. The van der Waals surface area contributed by atoms with Gasteiger partial charge in [0, 0.05) is 11.2 Å². The van der Waals surface area contributed by atoms with Crippen molar-refractivity contribution < 1.29 is 4.79 Å². The third-order valence-corrected chi connectivity index (χ3v) is 2.66. The minimum Gasteiger partial charge on any atom is -0.374 e. The van der Waals surface area contributed by atoms with Crippen LogP contribution < -0.4 is 10.6 Å². The van der Waals surface area contributed by atoms with Crippen molar-refractivity contribution in [1.29, 1.82) is 0 Å². The molecule has 0 spiro atoms. The van der Waals surface area contributed by atoms with Crippen molar-refractivity contribution in [2.24, 2.45) is 0 Å². The lowest BCUT2D eigenvalue weighted by Gasteiger charge is -2.24. The largest absolute Gasteiger partial charge is 0.374 e. The molecule has 1 amide bonds. The molecule has 0 aliphatic carbocycles. The number of anilines is 1. The molecule has 0 aliphatic heterocycles. The number of carbonyl (C=O) groups excluding carboxylic acids is 1. The molecule has 100 valence electrons. The highest BCUT2D eigenvalue weighted by molar-refractivity contribution is 5.85. The van der Waals surface area contributed by atoms with Gasteiger partial charge in [0.25, 0.3) is 0 Å². The fourth-order valence-electron chi connectivity index (χ4n) is 1.67. The smallest absolute Gasteiger partial charge is 0.242 e. The van der Waals surface area contributed by atoms with E-state index in [0.717, 1.165) is 11.3 Å². The van der Waals surface area contributed by atoms with E-state index in [1.807, 2.05) is 41.5 Å². The maximum absolute atomic E-state index is 12.0. The second-order valence-electron chi connectivity index (χ2n) is 5.92. The molecule has 2 N–H and O–H groups in total. The van der Waals surface area contributed by atoms with Crippen molar-refractivity contribution in [2.45, 2.75) is 53.1 Å². The second-order valence-corrected chi connectivity index (χ2v) is 5.92. The van der Waals surface area contributed by atoms with Crippen LogP contribution in [0.4, 0.5) is 5.69 Å². The van der Waals surface area contributed by atoms with E-state index in [4.69, 9.17) is 0 Å². The van der Waals surface area contributed by atoms with E-state index in [1.54, 1.807) is 0 Å². The molecule has 0 unspecified atom stereocenters. The molecule has 0 saturated carbocycles.